The van der Waals surface area contributed by atoms with E-state index in [-0.39, 0.29) is 24.2 Å². The first-order valence-electron chi connectivity index (χ1n) is 7.67. The van der Waals surface area contributed by atoms with E-state index in [2.05, 4.69) is 4.98 Å². The van der Waals surface area contributed by atoms with Crippen molar-refractivity contribution in [2.24, 2.45) is 5.73 Å². The van der Waals surface area contributed by atoms with E-state index in [4.69, 9.17) is 28.9 Å². The van der Waals surface area contributed by atoms with Crippen molar-refractivity contribution in [1.82, 2.24) is 14.8 Å². The lowest BCUT2D eigenvalue weighted by atomic mass is 10.1. The molecular formula is C16H17Cl3N4O2S. The second kappa shape index (κ2) is 9.01. The Bertz CT molecular complexity index is 786. The van der Waals surface area contributed by atoms with Crippen LogP contribution in [0.3, 0.4) is 0 Å². The van der Waals surface area contributed by atoms with Crippen LogP contribution in [0, 0.1) is 0 Å². The Morgan fingerprint density at radius 1 is 1.04 bits per heavy atom. The molecular weight excluding hydrogens is 419 g/mol. The summed E-state index contributed by atoms with van der Waals surface area (Å²) in [6, 6.07) is 4.77. The standard InChI is InChI=1S/C16H16Cl2N4O2S.ClH/c17-11-5-10(6-12(18)7-11)15(23)21-1-3-22(4-2-21)16(24)13-9-25-14(8-19)20-13;/h5-7,9H,1-4,8,19H2;1H. The molecule has 10 heteroatoms. The highest BCUT2D eigenvalue weighted by molar-refractivity contribution is 7.09. The third-order valence-corrected chi connectivity index (χ3v) is 5.22. The zero-order valence-corrected chi connectivity index (χ0v) is 16.8. The summed E-state index contributed by atoms with van der Waals surface area (Å²) in [6.45, 7) is 2.12. The smallest absolute Gasteiger partial charge is 0.273 e. The van der Waals surface area contributed by atoms with E-state index in [1.807, 2.05) is 0 Å². The van der Waals surface area contributed by atoms with Crippen LogP contribution in [-0.2, 0) is 6.54 Å². The molecule has 1 aromatic heterocycles. The van der Waals surface area contributed by atoms with Crippen molar-refractivity contribution >= 4 is 58.8 Å². The normalized spacial score (nSPS) is 14.1. The summed E-state index contributed by atoms with van der Waals surface area (Å²) in [7, 11) is 0. The Kier molecular flexibility index (Phi) is 7.25. The Labute approximate surface area is 171 Å². The second-order valence-corrected chi connectivity index (χ2v) is 7.39. The minimum absolute atomic E-state index is 0. The highest BCUT2D eigenvalue weighted by Gasteiger charge is 2.26. The Hall–Kier alpha value is -1.38. The van der Waals surface area contributed by atoms with Gasteiger partial charge in [-0.05, 0) is 18.2 Å². The minimum Gasteiger partial charge on any atom is -0.335 e. The van der Waals surface area contributed by atoms with Crippen LogP contribution >= 0.6 is 46.9 Å². The molecule has 6 nitrogen and oxygen atoms in total. The number of nitrogens with two attached hydrogens (primary N) is 1. The lowest BCUT2D eigenvalue weighted by Gasteiger charge is -2.34. The zero-order valence-electron chi connectivity index (χ0n) is 13.7. The van der Waals surface area contributed by atoms with Crippen LogP contribution in [0.15, 0.2) is 23.6 Å². The van der Waals surface area contributed by atoms with Crippen molar-refractivity contribution in [3.05, 3.63) is 49.9 Å². The minimum atomic E-state index is -0.143. The van der Waals surface area contributed by atoms with Crippen LogP contribution in [0.2, 0.25) is 10.0 Å². The number of carbonyl (C=O) groups excluding carboxylic acids is 2. The molecule has 1 aliphatic heterocycles. The molecule has 2 aromatic rings. The molecule has 2 amide bonds. The molecule has 1 saturated heterocycles. The predicted molar refractivity (Wildman–Crippen MR) is 106 cm³/mol. The number of aromatic nitrogens is 1. The van der Waals surface area contributed by atoms with Gasteiger partial charge in [0, 0.05) is 53.7 Å². The molecule has 140 valence electrons. The van der Waals surface area contributed by atoms with Crippen molar-refractivity contribution in [2.45, 2.75) is 6.54 Å². The molecule has 0 radical (unpaired) electrons. The van der Waals surface area contributed by atoms with E-state index in [9.17, 15) is 9.59 Å². The first-order chi connectivity index (χ1) is 12.0. The second-order valence-electron chi connectivity index (χ2n) is 5.57. The maximum absolute atomic E-state index is 12.6. The molecule has 2 N–H and O–H groups in total. The van der Waals surface area contributed by atoms with Crippen LogP contribution in [0.5, 0.6) is 0 Å². The number of piperazine rings is 1. The molecule has 2 heterocycles. The molecule has 1 aliphatic rings. The summed E-state index contributed by atoms with van der Waals surface area (Å²) < 4.78 is 0. The van der Waals surface area contributed by atoms with Crippen molar-refractivity contribution in [1.29, 1.82) is 0 Å². The molecule has 1 fully saturated rings. The molecule has 0 saturated carbocycles. The van der Waals surface area contributed by atoms with Gasteiger partial charge in [-0.15, -0.1) is 23.7 Å². The fraction of sp³-hybridized carbons (Fsp3) is 0.312. The van der Waals surface area contributed by atoms with Gasteiger partial charge in [0.15, 0.2) is 0 Å². The average molecular weight is 436 g/mol. The van der Waals surface area contributed by atoms with Gasteiger partial charge in [-0.2, -0.15) is 0 Å². The molecule has 0 aliphatic carbocycles. The Morgan fingerprint density at radius 3 is 2.08 bits per heavy atom. The third-order valence-electron chi connectivity index (χ3n) is 3.91. The van der Waals surface area contributed by atoms with Crippen LogP contribution in [0.4, 0.5) is 0 Å². The van der Waals surface area contributed by atoms with Crippen LogP contribution in [0.25, 0.3) is 0 Å². The summed E-state index contributed by atoms with van der Waals surface area (Å²) >= 11 is 13.3. The van der Waals surface area contributed by atoms with Crippen molar-refractivity contribution in [3.63, 3.8) is 0 Å². The van der Waals surface area contributed by atoms with E-state index in [0.29, 0.717) is 54.0 Å². The SMILES string of the molecule is Cl.NCc1nc(C(=O)N2CCN(C(=O)c3cc(Cl)cc(Cl)c3)CC2)cs1. The van der Waals surface area contributed by atoms with Gasteiger partial charge in [0.2, 0.25) is 0 Å². The summed E-state index contributed by atoms with van der Waals surface area (Å²) in [5, 5.41) is 3.29. The average Bonchev–Trinajstić information content (AvgIpc) is 3.09. The molecule has 0 bridgehead atoms. The summed E-state index contributed by atoms with van der Waals surface area (Å²) in [4.78, 5) is 32.6. The van der Waals surface area contributed by atoms with Gasteiger partial charge in [-0.1, -0.05) is 23.2 Å². The van der Waals surface area contributed by atoms with Gasteiger partial charge < -0.3 is 15.5 Å². The van der Waals surface area contributed by atoms with E-state index in [0.717, 1.165) is 5.01 Å². The van der Waals surface area contributed by atoms with Crippen molar-refractivity contribution < 1.29 is 9.59 Å². The lowest BCUT2D eigenvalue weighted by molar-refractivity contribution is 0.0532. The molecule has 0 spiro atoms. The monoisotopic (exact) mass is 434 g/mol. The van der Waals surface area contributed by atoms with Gasteiger partial charge in [0.1, 0.15) is 10.7 Å². The first-order valence-corrected chi connectivity index (χ1v) is 9.30. The van der Waals surface area contributed by atoms with Gasteiger partial charge in [0.05, 0.1) is 0 Å². The number of nitrogens with zero attached hydrogens (tertiary/aromatic N) is 3. The maximum Gasteiger partial charge on any atom is 0.273 e. The van der Waals surface area contributed by atoms with Gasteiger partial charge in [-0.3, -0.25) is 9.59 Å². The Morgan fingerprint density at radius 2 is 1.58 bits per heavy atom. The van der Waals surface area contributed by atoms with Gasteiger partial charge in [-0.25, -0.2) is 4.98 Å². The van der Waals surface area contributed by atoms with E-state index in [1.54, 1.807) is 33.4 Å². The van der Waals surface area contributed by atoms with Crippen molar-refractivity contribution in [3.8, 4) is 0 Å². The fourth-order valence-electron chi connectivity index (χ4n) is 2.64. The first kappa shape index (κ1) is 20.9. The van der Waals surface area contributed by atoms with Crippen LogP contribution < -0.4 is 5.73 Å². The summed E-state index contributed by atoms with van der Waals surface area (Å²) in [6.07, 6.45) is 0. The Balaban J connectivity index is 0.00000243. The molecule has 0 atom stereocenters. The van der Waals surface area contributed by atoms with Crippen LogP contribution in [-0.4, -0.2) is 52.8 Å². The maximum atomic E-state index is 12.6. The highest BCUT2D eigenvalue weighted by Crippen LogP contribution is 2.21. The molecule has 1 aromatic carbocycles. The van der Waals surface area contributed by atoms with E-state index >= 15 is 0 Å². The largest absolute Gasteiger partial charge is 0.335 e. The number of rotatable bonds is 3. The quantitative estimate of drug-likeness (QED) is 0.804. The third kappa shape index (κ3) is 4.66. The number of benzene rings is 1. The molecule has 3 rings (SSSR count). The summed E-state index contributed by atoms with van der Waals surface area (Å²) in [5.74, 6) is -0.274. The molecule has 0 unspecified atom stereocenters. The predicted octanol–water partition coefficient (Wildman–Crippen LogP) is 2.93. The lowest BCUT2D eigenvalue weighted by Crippen LogP contribution is -2.50. The van der Waals surface area contributed by atoms with Crippen molar-refractivity contribution in [2.75, 3.05) is 26.2 Å². The highest BCUT2D eigenvalue weighted by atomic mass is 35.5. The molecule has 26 heavy (non-hydrogen) atoms. The van der Waals surface area contributed by atoms with E-state index in [1.165, 1.54) is 11.3 Å². The summed E-state index contributed by atoms with van der Waals surface area (Å²) in [5.41, 5.74) is 6.39. The number of thiazole rings is 1. The number of hydrogen-bond acceptors (Lipinski definition) is 5. The van der Waals surface area contributed by atoms with Crippen LogP contribution in [0.1, 0.15) is 25.9 Å². The van der Waals surface area contributed by atoms with Gasteiger partial charge >= 0.3 is 0 Å². The number of amides is 2. The van der Waals surface area contributed by atoms with Gasteiger partial charge in [0.25, 0.3) is 11.8 Å². The topological polar surface area (TPSA) is 79.5 Å². The fourth-order valence-corrected chi connectivity index (χ4v) is 3.81. The number of hydrogen-bond donors (Lipinski definition) is 1. The van der Waals surface area contributed by atoms with E-state index < -0.39 is 0 Å². The zero-order chi connectivity index (χ0) is 18.0. The number of carbonyl (C=O) groups is 2. The number of halogens is 3.